The highest BCUT2D eigenvalue weighted by Crippen LogP contribution is 2.45. The summed E-state index contributed by atoms with van der Waals surface area (Å²) in [5.74, 6) is 1.81. The summed E-state index contributed by atoms with van der Waals surface area (Å²) in [7, 11) is 0. The Labute approximate surface area is 345 Å². The average Bonchev–Trinajstić information content (AvgIpc) is 3.88. The fraction of sp³-hybridized carbons (Fsp3) is 0. The summed E-state index contributed by atoms with van der Waals surface area (Å²) in [5, 5.41) is 6.81. The van der Waals surface area contributed by atoms with E-state index in [1.54, 1.807) is 0 Å². The maximum Gasteiger partial charge on any atom is 0.164 e. The first-order chi connectivity index (χ1) is 29.7. The van der Waals surface area contributed by atoms with Crippen LogP contribution in [-0.4, -0.2) is 19.5 Å². The predicted molar refractivity (Wildman–Crippen MR) is 246 cm³/mol. The molecule has 60 heavy (non-hydrogen) atoms. The molecule has 0 N–H and O–H groups in total. The Morgan fingerprint density at radius 3 is 1.67 bits per heavy atom. The second kappa shape index (κ2) is 13.8. The van der Waals surface area contributed by atoms with Crippen LogP contribution in [0.5, 0.6) is 0 Å². The van der Waals surface area contributed by atoms with Gasteiger partial charge in [-0.15, -0.1) is 0 Å². The van der Waals surface area contributed by atoms with Crippen molar-refractivity contribution >= 4 is 54.5 Å². The minimum absolute atomic E-state index is 0.580. The molecule has 0 aliphatic carbocycles. The maximum atomic E-state index is 7.13. The number of benzene rings is 9. The van der Waals surface area contributed by atoms with Gasteiger partial charge in [0, 0.05) is 38.4 Å². The van der Waals surface area contributed by atoms with E-state index in [0.717, 1.165) is 66.5 Å². The van der Waals surface area contributed by atoms with Gasteiger partial charge in [-0.3, -0.25) is 0 Å². The van der Waals surface area contributed by atoms with Gasteiger partial charge in [0.05, 0.1) is 22.1 Å². The third-order valence-corrected chi connectivity index (χ3v) is 11.7. The number of hydrogen-bond acceptors (Lipinski definition) is 4. The molecule has 9 aromatic carbocycles. The minimum atomic E-state index is 0.580. The molecule has 0 aliphatic heterocycles. The lowest BCUT2D eigenvalue weighted by atomic mass is 9.96. The molecule has 0 aliphatic rings. The van der Waals surface area contributed by atoms with E-state index in [4.69, 9.17) is 19.4 Å². The Balaban J connectivity index is 1.12. The van der Waals surface area contributed by atoms with Gasteiger partial charge in [0.2, 0.25) is 0 Å². The monoisotopic (exact) mass is 766 g/mol. The molecule has 12 rings (SSSR count). The summed E-state index contributed by atoms with van der Waals surface area (Å²) in [6.07, 6.45) is 0. The zero-order valence-electron chi connectivity index (χ0n) is 32.3. The second-order valence-corrected chi connectivity index (χ2v) is 15.2. The lowest BCUT2D eigenvalue weighted by molar-refractivity contribution is 0.670. The van der Waals surface area contributed by atoms with E-state index in [-0.39, 0.29) is 0 Å². The van der Waals surface area contributed by atoms with Crippen molar-refractivity contribution in [3.63, 3.8) is 0 Å². The van der Waals surface area contributed by atoms with Gasteiger partial charge in [-0.1, -0.05) is 164 Å². The van der Waals surface area contributed by atoms with Gasteiger partial charge < -0.3 is 8.98 Å². The van der Waals surface area contributed by atoms with Crippen molar-refractivity contribution in [3.8, 4) is 62.1 Å². The summed E-state index contributed by atoms with van der Waals surface area (Å²) < 4.78 is 9.54. The topological polar surface area (TPSA) is 56.7 Å². The van der Waals surface area contributed by atoms with Crippen molar-refractivity contribution in [2.75, 3.05) is 0 Å². The number of fused-ring (bicyclic) bond motifs is 7. The molecule has 0 fully saturated rings. The molecule has 0 spiro atoms. The Hall–Kier alpha value is -8.15. The van der Waals surface area contributed by atoms with Crippen LogP contribution in [0.15, 0.2) is 211 Å². The highest BCUT2D eigenvalue weighted by Gasteiger charge is 2.23. The highest BCUT2D eigenvalue weighted by molar-refractivity contribution is 6.18. The standard InChI is InChI=1S/C55H34N4O/c1-4-15-35(16-5-1)39-28-31-48-46(33-39)43-24-12-13-26-47(43)59(48)49-32-30-44(42-25-14-22-36-17-10-11-23-41(36)42)52-51(49)45-29-27-40(34-50(45)60-52)55-57-53(37-18-6-2-7-19-37)56-54(58-55)38-20-8-3-9-21-38/h1-34H. The zero-order chi connectivity index (χ0) is 39.6. The number of nitrogens with zero attached hydrogens (tertiary/aromatic N) is 4. The lowest BCUT2D eigenvalue weighted by Gasteiger charge is -2.13. The number of para-hydroxylation sites is 1. The summed E-state index contributed by atoms with van der Waals surface area (Å²) in [5.41, 5.74) is 12.1. The second-order valence-electron chi connectivity index (χ2n) is 15.2. The van der Waals surface area contributed by atoms with Crippen LogP contribution < -0.4 is 0 Å². The molecule has 0 bridgehead atoms. The third kappa shape index (κ3) is 5.52. The Bertz CT molecular complexity index is 3530. The van der Waals surface area contributed by atoms with Gasteiger partial charge in [0.1, 0.15) is 11.2 Å². The van der Waals surface area contributed by atoms with E-state index < -0.39 is 0 Å². The molecule has 5 nitrogen and oxygen atoms in total. The Morgan fingerprint density at radius 1 is 0.350 bits per heavy atom. The molecule has 0 amide bonds. The molecule has 0 saturated carbocycles. The van der Waals surface area contributed by atoms with Crippen molar-refractivity contribution in [3.05, 3.63) is 206 Å². The lowest BCUT2D eigenvalue weighted by Crippen LogP contribution is -2.00. The van der Waals surface area contributed by atoms with Crippen LogP contribution in [0.25, 0.3) is 117 Å². The van der Waals surface area contributed by atoms with E-state index in [9.17, 15) is 0 Å². The van der Waals surface area contributed by atoms with Crippen LogP contribution >= 0.6 is 0 Å². The van der Waals surface area contributed by atoms with E-state index >= 15 is 0 Å². The maximum absolute atomic E-state index is 7.13. The van der Waals surface area contributed by atoms with Gasteiger partial charge in [-0.25, -0.2) is 15.0 Å². The fourth-order valence-electron chi connectivity index (χ4n) is 8.84. The van der Waals surface area contributed by atoms with Crippen LogP contribution in [0, 0.1) is 0 Å². The predicted octanol–water partition coefficient (Wildman–Crippen LogP) is 14.4. The van der Waals surface area contributed by atoms with Crippen molar-refractivity contribution in [1.82, 2.24) is 19.5 Å². The number of aromatic nitrogens is 4. The van der Waals surface area contributed by atoms with Crippen molar-refractivity contribution < 1.29 is 4.42 Å². The smallest absolute Gasteiger partial charge is 0.164 e. The van der Waals surface area contributed by atoms with E-state index in [1.807, 2.05) is 60.7 Å². The molecule has 280 valence electrons. The zero-order valence-corrected chi connectivity index (χ0v) is 32.3. The SMILES string of the molecule is c1ccc(-c2ccc3c(c2)c2ccccc2n3-c2ccc(-c3cccc4ccccc34)c3oc4cc(-c5nc(-c6ccccc6)nc(-c6ccccc6)n5)ccc4c23)cc1. The molecule has 0 radical (unpaired) electrons. The van der Waals surface area contributed by atoms with Crippen molar-refractivity contribution in [1.29, 1.82) is 0 Å². The molecule has 0 unspecified atom stereocenters. The van der Waals surface area contributed by atoms with Crippen LogP contribution in [-0.2, 0) is 0 Å². The van der Waals surface area contributed by atoms with Gasteiger partial charge in [-0.2, -0.15) is 0 Å². The van der Waals surface area contributed by atoms with Gasteiger partial charge in [0.25, 0.3) is 0 Å². The summed E-state index contributed by atoms with van der Waals surface area (Å²) >= 11 is 0. The third-order valence-electron chi connectivity index (χ3n) is 11.7. The minimum Gasteiger partial charge on any atom is -0.455 e. The first-order valence-electron chi connectivity index (χ1n) is 20.2. The first kappa shape index (κ1) is 33.9. The van der Waals surface area contributed by atoms with E-state index in [2.05, 4.69) is 150 Å². The molecule has 12 aromatic rings. The molecular formula is C55H34N4O. The summed E-state index contributed by atoms with van der Waals surface area (Å²) in [4.78, 5) is 15.0. The molecule has 0 atom stereocenters. The normalized spacial score (nSPS) is 11.7. The molecule has 5 heteroatoms. The van der Waals surface area contributed by atoms with Crippen LogP contribution in [0.3, 0.4) is 0 Å². The number of furan rings is 1. The van der Waals surface area contributed by atoms with E-state index in [1.165, 1.54) is 32.7 Å². The van der Waals surface area contributed by atoms with E-state index in [0.29, 0.717) is 17.5 Å². The highest BCUT2D eigenvalue weighted by atomic mass is 16.3. The first-order valence-corrected chi connectivity index (χ1v) is 20.2. The Kier molecular flexibility index (Phi) is 7.78. The van der Waals surface area contributed by atoms with Gasteiger partial charge in [-0.05, 0) is 69.9 Å². The number of rotatable bonds is 6. The largest absolute Gasteiger partial charge is 0.455 e. The molecule has 3 heterocycles. The molecular weight excluding hydrogens is 733 g/mol. The van der Waals surface area contributed by atoms with Gasteiger partial charge >= 0.3 is 0 Å². The molecule has 0 saturated heterocycles. The fourth-order valence-corrected chi connectivity index (χ4v) is 8.84. The van der Waals surface area contributed by atoms with Crippen LogP contribution in [0.1, 0.15) is 0 Å². The van der Waals surface area contributed by atoms with Crippen LogP contribution in [0.4, 0.5) is 0 Å². The van der Waals surface area contributed by atoms with Crippen LogP contribution in [0.2, 0.25) is 0 Å². The average molecular weight is 767 g/mol. The summed E-state index contributed by atoms with van der Waals surface area (Å²) in [6, 6.07) is 72.2. The van der Waals surface area contributed by atoms with Crippen molar-refractivity contribution in [2.45, 2.75) is 0 Å². The Morgan fingerprint density at radius 2 is 0.933 bits per heavy atom. The summed E-state index contributed by atoms with van der Waals surface area (Å²) in [6.45, 7) is 0. The number of hydrogen-bond donors (Lipinski definition) is 0. The quantitative estimate of drug-likeness (QED) is 0.169. The van der Waals surface area contributed by atoms with Gasteiger partial charge in [0.15, 0.2) is 17.5 Å². The van der Waals surface area contributed by atoms with Crippen molar-refractivity contribution in [2.24, 2.45) is 0 Å². The molecule has 3 aromatic heterocycles.